The SMILES string of the molecule is Cc1cc(CSc2ccccc2C(=O)N(C)[C@@H](C)c2nc3ccccc3s2)no1. The van der Waals surface area contributed by atoms with Gasteiger partial charge in [0.1, 0.15) is 10.8 Å². The van der Waals surface area contributed by atoms with E-state index < -0.39 is 0 Å². The largest absolute Gasteiger partial charge is 0.361 e. The topological polar surface area (TPSA) is 59.2 Å². The Bertz CT molecular complexity index is 1120. The van der Waals surface area contributed by atoms with Gasteiger partial charge in [-0.1, -0.05) is 29.4 Å². The minimum absolute atomic E-state index is 0.0174. The number of thioether (sulfide) groups is 1. The number of thiazole rings is 1. The van der Waals surface area contributed by atoms with Gasteiger partial charge in [-0.25, -0.2) is 4.98 Å². The molecule has 0 bridgehead atoms. The van der Waals surface area contributed by atoms with Crippen molar-refractivity contribution in [2.45, 2.75) is 30.5 Å². The lowest BCUT2D eigenvalue weighted by Crippen LogP contribution is -2.30. The van der Waals surface area contributed by atoms with Gasteiger partial charge in [-0.3, -0.25) is 4.79 Å². The van der Waals surface area contributed by atoms with Crippen molar-refractivity contribution in [1.29, 1.82) is 0 Å². The molecular weight excluding hydrogens is 402 g/mol. The molecule has 1 amide bonds. The maximum absolute atomic E-state index is 13.3. The summed E-state index contributed by atoms with van der Waals surface area (Å²) in [7, 11) is 1.83. The number of amides is 1. The van der Waals surface area contributed by atoms with E-state index in [-0.39, 0.29) is 11.9 Å². The van der Waals surface area contributed by atoms with Crippen LogP contribution in [0.5, 0.6) is 0 Å². The fourth-order valence-electron chi connectivity index (χ4n) is 3.01. The monoisotopic (exact) mass is 423 g/mol. The van der Waals surface area contributed by atoms with E-state index in [1.807, 2.05) is 69.4 Å². The average molecular weight is 424 g/mol. The van der Waals surface area contributed by atoms with Gasteiger partial charge in [0.2, 0.25) is 0 Å². The molecule has 0 N–H and O–H groups in total. The molecule has 0 saturated carbocycles. The third kappa shape index (κ3) is 4.21. The van der Waals surface area contributed by atoms with E-state index >= 15 is 0 Å². The van der Waals surface area contributed by atoms with Crippen LogP contribution in [0.3, 0.4) is 0 Å². The van der Waals surface area contributed by atoms with Gasteiger partial charge in [0, 0.05) is 23.8 Å². The second kappa shape index (κ2) is 8.39. The number of nitrogens with zero attached hydrogens (tertiary/aromatic N) is 3. The van der Waals surface area contributed by atoms with Gasteiger partial charge >= 0.3 is 0 Å². The predicted molar refractivity (Wildman–Crippen MR) is 117 cm³/mol. The lowest BCUT2D eigenvalue weighted by Gasteiger charge is -2.24. The molecule has 0 aliphatic carbocycles. The zero-order chi connectivity index (χ0) is 20.4. The van der Waals surface area contributed by atoms with Gasteiger partial charge in [0.05, 0.1) is 27.5 Å². The Hall–Kier alpha value is -2.64. The van der Waals surface area contributed by atoms with Crippen molar-refractivity contribution in [3.05, 3.63) is 76.6 Å². The average Bonchev–Trinajstić information content (AvgIpc) is 3.36. The first-order chi connectivity index (χ1) is 14.0. The van der Waals surface area contributed by atoms with Crippen molar-refractivity contribution in [2.24, 2.45) is 0 Å². The number of para-hydroxylation sites is 1. The number of benzene rings is 2. The number of rotatable bonds is 6. The molecule has 0 unspecified atom stereocenters. The fraction of sp³-hybridized carbons (Fsp3) is 0.227. The van der Waals surface area contributed by atoms with Crippen molar-refractivity contribution in [2.75, 3.05) is 7.05 Å². The summed E-state index contributed by atoms with van der Waals surface area (Å²) in [4.78, 5) is 20.7. The molecule has 1 atom stereocenters. The van der Waals surface area contributed by atoms with Crippen LogP contribution in [0.25, 0.3) is 10.2 Å². The summed E-state index contributed by atoms with van der Waals surface area (Å²) < 4.78 is 6.26. The summed E-state index contributed by atoms with van der Waals surface area (Å²) in [5.41, 5.74) is 2.53. The molecule has 148 valence electrons. The van der Waals surface area contributed by atoms with Crippen LogP contribution in [0.15, 0.2) is 64.0 Å². The van der Waals surface area contributed by atoms with Gasteiger partial charge in [0.25, 0.3) is 5.91 Å². The van der Waals surface area contributed by atoms with E-state index in [0.717, 1.165) is 31.6 Å². The first kappa shape index (κ1) is 19.7. The third-order valence-corrected chi connectivity index (χ3v) is 7.05. The highest BCUT2D eigenvalue weighted by atomic mass is 32.2. The zero-order valence-electron chi connectivity index (χ0n) is 16.5. The molecule has 0 aliphatic heterocycles. The van der Waals surface area contributed by atoms with Crippen LogP contribution in [0.4, 0.5) is 0 Å². The number of hydrogen-bond acceptors (Lipinski definition) is 6. The molecule has 0 radical (unpaired) electrons. The van der Waals surface area contributed by atoms with Crippen molar-refractivity contribution >= 4 is 39.2 Å². The summed E-state index contributed by atoms with van der Waals surface area (Å²) in [6.07, 6.45) is 0. The summed E-state index contributed by atoms with van der Waals surface area (Å²) in [5, 5.41) is 4.97. The number of carbonyl (C=O) groups is 1. The molecule has 5 nitrogen and oxygen atoms in total. The van der Waals surface area contributed by atoms with Crippen LogP contribution in [-0.4, -0.2) is 28.0 Å². The van der Waals surface area contributed by atoms with Crippen LogP contribution in [0, 0.1) is 6.92 Å². The summed E-state index contributed by atoms with van der Waals surface area (Å²) in [6.45, 7) is 3.89. The number of aromatic nitrogens is 2. The molecule has 2 heterocycles. The maximum atomic E-state index is 13.3. The molecule has 29 heavy (non-hydrogen) atoms. The maximum Gasteiger partial charge on any atom is 0.255 e. The van der Waals surface area contributed by atoms with E-state index in [2.05, 4.69) is 11.2 Å². The van der Waals surface area contributed by atoms with Gasteiger partial charge in [-0.2, -0.15) is 0 Å². The lowest BCUT2D eigenvalue weighted by atomic mass is 10.2. The Kier molecular flexibility index (Phi) is 5.69. The molecule has 4 aromatic rings. The van der Waals surface area contributed by atoms with Crippen molar-refractivity contribution < 1.29 is 9.32 Å². The second-order valence-corrected chi connectivity index (χ2v) is 8.90. The number of aryl methyl sites for hydroxylation is 1. The summed E-state index contributed by atoms with van der Waals surface area (Å²) in [5.74, 6) is 1.42. The molecule has 7 heteroatoms. The van der Waals surface area contributed by atoms with Crippen molar-refractivity contribution in [3.63, 3.8) is 0 Å². The number of carbonyl (C=O) groups excluding carboxylic acids is 1. The highest BCUT2D eigenvalue weighted by Crippen LogP contribution is 2.32. The number of hydrogen-bond donors (Lipinski definition) is 0. The Labute approximate surface area is 177 Å². The van der Waals surface area contributed by atoms with Gasteiger partial charge in [-0.15, -0.1) is 23.1 Å². The Morgan fingerprint density at radius 3 is 2.72 bits per heavy atom. The van der Waals surface area contributed by atoms with Gasteiger partial charge < -0.3 is 9.42 Å². The van der Waals surface area contributed by atoms with Crippen molar-refractivity contribution in [1.82, 2.24) is 15.0 Å². The predicted octanol–water partition coefficient (Wildman–Crippen LogP) is 5.72. The Morgan fingerprint density at radius 1 is 1.21 bits per heavy atom. The van der Waals surface area contributed by atoms with Crippen LogP contribution in [0.2, 0.25) is 0 Å². The standard InChI is InChI=1S/C22H21N3O2S2/c1-14-12-16(24-27-14)13-28-19-10-6-4-8-17(19)22(26)25(3)15(2)21-23-18-9-5-7-11-20(18)29-21/h4-12,15H,13H2,1-3H3/t15-/m0/s1. The zero-order valence-corrected chi connectivity index (χ0v) is 18.1. The van der Waals surface area contributed by atoms with Crippen LogP contribution >= 0.6 is 23.1 Å². The molecular formula is C22H21N3O2S2. The Balaban J connectivity index is 1.53. The molecule has 0 fully saturated rings. The molecule has 2 aromatic carbocycles. The van der Waals surface area contributed by atoms with E-state index in [1.165, 1.54) is 0 Å². The molecule has 0 saturated heterocycles. The number of fused-ring (bicyclic) bond motifs is 1. The van der Waals surface area contributed by atoms with Crippen molar-refractivity contribution in [3.8, 4) is 0 Å². The molecule has 2 aromatic heterocycles. The smallest absolute Gasteiger partial charge is 0.255 e. The quantitative estimate of drug-likeness (QED) is 0.371. The van der Waals surface area contributed by atoms with E-state index in [0.29, 0.717) is 11.3 Å². The van der Waals surface area contributed by atoms with Crippen LogP contribution < -0.4 is 0 Å². The van der Waals surface area contributed by atoms with Crippen LogP contribution in [-0.2, 0) is 5.75 Å². The van der Waals surface area contributed by atoms with Gasteiger partial charge in [0.15, 0.2) is 0 Å². The molecule has 4 rings (SSSR count). The first-order valence-corrected chi connectivity index (χ1v) is 11.1. The third-order valence-electron chi connectivity index (χ3n) is 4.74. The van der Waals surface area contributed by atoms with E-state index in [9.17, 15) is 4.79 Å². The normalized spacial score (nSPS) is 12.2. The summed E-state index contributed by atoms with van der Waals surface area (Å²) in [6, 6.07) is 17.5. The summed E-state index contributed by atoms with van der Waals surface area (Å²) >= 11 is 3.22. The van der Waals surface area contributed by atoms with Crippen LogP contribution in [0.1, 0.15) is 39.8 Å². The molecule has 0 aliphatic rings. The highest BCUT2D eigenvalue weighted by molar-refractivity contribution is 7.98. The van der Waals surface area contributed by atoms with E-state index in [1.54, 1.807) is 28.0 Å². The minimum Gasteiger partial charge on any atom is -0.361 e. The lowest BCUT2D eigenvalue weighted by molar-refractivity contribution is 0.0739. The minimum atomic E-state index is -0.115. The first-order valence-electron chi connectivity index (χ1n) is 9.29. The van der Waals surface area contributed by atoms with E-state index in [4.69, 9.17) is 9.51 Å². The van der Waals surface area contributed by atoms with Gasteiger partial charge in [-0.05, 0) is 38.1 Å². The fourth-order valence-corrected chi connectivity index (χ4v) is 5.00. The Morgan fingerprint density at radius 2 is 1.97 bits per heavy atom. The second-order valence-electron chi connectivity index (χ2n) is 6.83. The molecule has 0 spiro atoms. The highest BCUT2D eigenvalue weighted by Gasteiger charge is 2.23.